The third-order valence-corrected chi connectivity index (χ3v) is 3.59. The van der Waals surface area contributed by atoms with Crippen molar-refractivity contribution in [2.45, 2.75) is 64.5 Å². The molecule has 1 atom stereocenters. The zero-order valence-electron chi connectivity index (χ0n) is 11.4. The van der Waals surface area contributed by atoms with Gasteiger partial charge in [0.2, 0.25) is 0 Å². The normalized spacial score (nSPS) is 24.6. The smallest absolute Gasteiger partial charge is 0.0512 e. The second-order valence-corrected chi connectivity index (χ2v) is 6.10. The average molecular weight is 231 g/mol. The van der Waals surface area contributed by atoms with Crippen molar-refractivity contribution in [1.29, 1.82) is 0 Å². The maximum absolute atomic E-state index is 2.63. The molecule has 0 amide bonds. The number of rotatable bonds is 2. The standard InChI is InChI=1S/C16H25N/c1-16(2,3)17(14-10-6-4-7-11-14)15-12-8-5-9-13-15/h4,6-7,10,12,14H,5,8-9,11,13H2,1-3H3. The first-order valence-electron chi connectivity index (χ1n) is 6.91. The van der Waals surface area contributed by atoms with Crippen molar-refractivity contribution < 1.29 is 0 Å². The Morgan fingerprint density at radius 2 is 2.00 bits per heavy atom. The Morgan fingerprint density at radius 1 is 1.18 bits per heavy atom. The zero-order valence-corrected chi connectivity index (χ0v) is 11.4. The van der Waals surface area contributed by atoms with E-state index in [2.05, 4.69) is 56.1 Å². The summed E-state index contributed by atoms with van der Waals surface area (Å²) in [6.07, 6.45) is 17.8. The van der Waals surface area contributed by atoms with E-state index < -0.39 is 0 Å². The highest BCUT2D eigenvalue weighted by Crippen LogP contribution is 2.32. The lowest BCUT2D eigenvalue weighted by Crippen LogP contribution is -2.47. The van der Waals surface area contributed by atoms with Gasteiger partial charge in [-0.25, -0.2) is 0 Å². The Morgan fingerprint density at radius 3 is 2.53 bits per heavy atom. The number of hydrogen-bond donors (Lipinski definition) is 0. The lowest BCUT2D eigenvalue weighted by molar-refractivity contribution is 0.142. The van der Waals surface area contributed by atoms with Gasteiger partial charge in [0.1, 0.15) is 0 Å². The molecule has 2 aliphatic rings. The van der Waals surface area contributed by atoms with Crippen molar-refractivity contribution in [3.05, 3.63) is 36.1 Å². The first-order chi connectivity index (χ1) is 8.09. The van der Waals surface area contributed by atoms with Crippen molar-refractivity contribution in [2.75, 3.05) is 0 Å². The Bertz CT molecular complexity index is 341. The number of hydrogen-bond acceptors (Lipinski definition) is 1. The minimum Gasteiger partial charge on any atom is -0.363 e. The monoisotopic (exact) mass is 231 g/mol. The predicted octanol–water partition coefficient (Wildman–Crippen LogP) is 4.43. The van der Waals surface area contributed by atoms with Gasteiger partial charge in [-0.05, 0) is 52.9 Å². The molecule has 1 nitrogen and oxygen atoms in total. The van der Waals surface area contributed by atoms with E-state index in [1.165, 1.54) is 25.7 Å². The third kappa shape index (κ3) is 3.02. The van der Waals surface area contributed by atoms with Crippen molar-refractivity contribution in [2.24, 2.45) is 0 Å². The minimum atomic E-state index is 0.212. The molecule has 0 saturated heterocycles. The van der Waals surface area contributed by atoms with Crippen molar-refractivity contribution in [1.82, 2.24) is 4.90 Å². The van der Waals surface area contributed by atoms with Crippen molar-refractivity contribution in [3.8, 4) is 0 Å². The molecule has 0 saturated carbocycles. The second kappa shape index (κ2) is 5.12. The summed E-state index contributed by atoms with van der Waals surface area (Å²) >= 11 is 0. The average Bonchev–Trinajstić information content (AvgIpc) is 2.30. The van der Waals surface area contributed by atoms with Crippen LogP contribution in [0.15, 0.2) is 36.1 Å². The van der Waals surface area contributed by atoms with Gasteiger partial charge in [-0.1, -0.05) is 30.4 Å². The predicted molar refractivity (Wildman–Crippen MR) is 74.8 cm³/mol. The van der Waals surface area contributed by atoms with Gasteiger partial charge in [0.15, 0.2) is 0 Å². The van der Waals surface area contributed by atoms with Gasteiger partial charge < -0.3 is 4.90 Å². The molecule has 2 rings (SSSR count). The molecule has 0 aliphatic heterocycles. The van der Waals surface area contributed by atoms with Crippen LogP contribution in [0.3, 0.4) is 0 Å². The fourth-order valence-electron chi connectivity index (χ4n) is 2.94. The summed E-state index contributed by atoms with van der Waals surface area (Å²) in [5, 5.41) is 0. The number of allylic oxidation sites excluding steroid dienone is 4. The molecule has 0 aromatic heterocycles. The summed E-state index contributed by atoms with van der Waals surface area (Å²) in [5.41, 5.74) is 1.78. The number of nitrogens with zero attached hydrogens (tertiary/aromatic N) is 1. The van der Waals surface area contributed by atoms with Gasteiger partial charge >= 0.3 is 0 Å². The van der Waals surface area contributed by atoms with E-state index in [4.69, 9.17) is 0 Å². The van der Waals surface area contributed by atoms with E-state index in [0.717, 1.165) is 6.42 Å². The first-order valence-corrected chi connectivity index (χ1v) is 6.91. The van der Waals surface area contributed by atoms with E-state index in [1.807, 2.05) is 0 Å². The fraction of sp³-hybridized carbons (Fsp3) is 0.625. The molecule has 0 aromatic rings. The second-order valence-electron chi connectivity index (χ2n) is 6.10. The van der Waals surface area contributed by atoms with E-state index >= 15 is 0 Å². The van der Waals surface area contributed by atoms with Crippen LogP contribution >= 0.6 is 0 Å². The summed E-state index contributed by atoms with van der Waals surface area (Å²) in [7, 11) is 0. The molecule has 1 unspecified atom stereocenters. The molecule has 0 bridgehead atoms. The molecule has 0 aromatic carbocycles. The quantitative estimate of drug-likeness (QED) is 0.679. The molecule has 2 aliphatic carbocycles. The Hall–Kier alpha value is -0.980. The van der Waals surface area contributed by atoms with Crippen LogP contribution in [0.2, 0.25) is 0 Å². The van der Waals surface area contributed by atoms with Crippen LogP contribution in [0.5, 0.6) is 0 Å². The maximum Gasteiger partial charge on any atom is 0.0512 e. The van der Waals surface area contributed by atoms with Crippen LogP contribution in [0.25, 0.3) is 0 Å². The van der Waals surface area contributed by atoms with Crippen LogP contribution in [0.1, 0.15) is 52.9 Å². The molecule has 0 fully saturated rings. The van der Waals surface area contributed by atoms with Gasteiger partial charge in [0.05, 0.1) is 6.04 Å². The molecule has 94 valence electrons. The molecular weight excluding hydrogens is 206 g/mol. The lowest BCUT2D eigenvalue weighted by atomic mass is 9.93. The molecule has 0 spiro atoms. The van der Waals surface area contributed by atoms with Crippen LogP contribution in [0.4, 0.5) is 0 Å². The summed E-state index contributed by atoms with van der Waals surface area (Å²) in [6.45, 7) is 6.98. The molecule has 0 N–H and O–H groups in total. The van der Waals surface area contributed by atoms with Crippen LogP contribution in [0, 0.1) is 0 Å². The topological polar surface area (TPSA) is 3.24 Å². The van der Waals surface area contributed by atoms with Gasteiger partial charge in [-0.15, -0.1) is 0 Å². The Balaban J connectivity index is 2.21. The Labute approximate surface area is 106 Å². The minimum absolute atomic E-state index is 0.212. The maximum atomic E-state index is 2.63. The SMILES string of the molecule is CC(C)(C)N(C1=CCCCC1)C1C=CC=CC1. The fourth-order valence-corrected chi connectivity index (χ4v) is 2.94. The van der Waals surface area contributed by atoms with E-state index in [9.17, 15) is 0 Å². The molecular formula is C16H25N. The highest BCUT2D eigenvalue weighted by atomic mass is 15.2. The summed E-state index contributed by atoms with van der Waals surface area (Å²) < 4.78 is 0. The summed E-state index contributed by atoms with van der Waals surface area (Å²) in [4.78, 5) is 2.63. The van der Waals surface area contributed by atoms with E-state index in [1.54, 1.807) is 5.70 Å². The van der Waals surface area contributed by atoms with Crippen LogP contribution < -0.4 is 0 Å². The molecule has 0 heterocycles. The van der Waals surface area contributed by atoms with Crippen LogP contribution in [-0.2, 0) is 0 Å². The largest absolute Gasteiger partial charge is 0.363 e. The highest BCUT2D eigenvalue weighted by molar-refractivity contribution is 5.19. The lowest BCUT2D eigenvalue weighted by Gasteiger charge is -2.45. The van der Waals surface area contributed by atoms with Gasteiger partial charge in [-0.2, -0.15) is 0 Å². The van der Waals surface area contributed by atoms with Crippen LogP contribution in [-0.4, -0.2) is 16.5 Å². The molecule has 17 heavy (non-hydrogen) atoms. The summed E-state index contributed by atoms with van der Waals surface area (Å²) in [5.74, 6) is 0. The third-order valence-electron chi connectivity index (χ3n) is 3.59. The Kier molecular flexibility index (Phi) is 3.76. The van der Waals surface area contributed by atoms with Gasteiger partial charge in [0, 0.05) is 11.2 Å². The highest BCUT2D eigenvalue weighted by Gasteiger charge is 2.29. The van der Waals surface area contributed by atoms with E-state index in [0.29, 0.717) is 6.04 Å². The summed E-state index contributed by atoms with van der Waals surface area (Å²) in [6, 6.07) is 0.546. The van der Waals surface area contributed by atoms with Gasteiger partial charge in [-0.3, -0.25) is 0 Å². The van der Waals surface area contributed by atoms with Crippen molar-refractivity contribution in [3.63, 3.8) is 0 Å². The molecule has 1 heteroatoms. The van der Waals surface area contributed by atoms with Gasteiger partial charge in [0.25, 0.3) is 0 Å². The zero-order chi connectivity index (χ0) is 12.3. The van der Waals surface area contributed by atoms with Crippen molar-refractivity contribution >= 4 is 0 Å². The van der Waals surface area contributed by atoms with E-state index in [-0.39, 0.29) is 5.54 Å². The molecule has 0 radical (unpaired) electrons. The first kappa shape index (κ1) is 12.5.